The molecule has 0 saturated carbocycles. The number of piperidine rings is 1. The third-order valence-corrected chi connectivity index (χ3v) is 8.20. The van der Waals surface area contributed by atoms with Crippen molar-refractivity contribution < 1.29 is 22.8 Å². The van der Waals surface area contributed by atoms with Crippen LogP contribution in [0.5, 0.6) is 0 Å². The molecule has 164 valence electrons. The van der Waals surface area contributed by atoms with Crippen LogP contribution in [0.1, 0.15) is 34.3 Å². The van der Waals surface area contributed by atoms with Gasteiger partial charge in [0.05, 0.1) is 4.90 Å². The van der Waals surface area contributed by atoms with Crippen LogP contribution in [0, 0.1) is 0 Å². The lowest BCUT2D eigenvalue weighted by molar-refractivity contribution is -0.136. The fourth-order valence-corrected chi connectivity index (χ4v) is 6.23. The molecule has 0 radical (unpaired) electrons. The van der Waals surface area contributed by atoms with Gasteiger partial charge in [-0.25, -0.2) is 13.1 Å². The first-order chi connectivity index (χ1) is 15.3. The van der Waals surface area contributed by atoms with Crippen LogP contribution < -0.4 is 10.0 Å². The molecule has 1 saturated heterocycles. The van der Waals surface area contributed by atoms with Crippen molar-refractivity contribution in [3.05, 3.63) is 64.5 Å². The Balaban J connectivity index is 1.39. The normalized spacial score (nSPS) is 18.8. The highest BCUT2D eigenvalue weighted by atomic mass is 32.2. The Morgan fingerprint density at radius 3 is 2.78 bits per heavy atom. The van der Waals surface area contributed by atoms with Crippen LogP contribution in [-0.4, -0.2) is 37.1 Å². The predicted molar refractivity (Wildman–Crippen MR) is 118 cm³/mol. The Labute approximate surface area is 188 Å². The number of hydrogen-bond donors (Lipinski definition) is 2. The van der Waals surface area contributed by atoms with Gasteiger partial charge in [0.2, 0.25) is 21.8 Å². The fourth-order valence-electron chi connectivity index (χ4n) is 4.19. The molecule has 2 aromatic carbocycles. The predicted octanol–water partition coefficient (Wildman–Crippen LogP) is 2.14. The number of fused-ring (bicyclic) bond motifs is 2. The number of nitrogens with zero attached hydrogens (tertiary/aromatic N) is 1. The Kier molecular flexibility index (Phi) is 5.07. The van der Waals surface area contributed by atoms with E-state index in [4.69, 9.17) is 0 Å². The minimum atomic E-state index is -3.90. The first-order valence-corrected chi connectivity index (χ1v) is 12.4. The lowest BCUT2D eigenvalue weighted by atomic mass is 10.0. The summed E-state index contributed by atoms with van der Waals surface area (Å²) in [7, 11) is -3.90. The van der Waals surface area contributed by atoms with E-state index >= 15 is 0 Å². The van der Waals surface area contributed by atoms with Crippen molar-refractivity contribution in [3.8, 4) is 0 Å². The van der Waals surface area contributed by atoms with Gasteiger partial charge < -0.3 is 4.90 Å². The lowest BCUT2D eigenvalue weighted by Gasteiger charge is -2.29. The second kappa shape index (κ2) is 7.80. The van der Waals surface area contributed by atoms with Crippen molar-refractivity contribution >= 4 is 49.2 Å². The summed E-state index contributed by atoms with van der Waals surface area (Å²) in [4.78, 5) is 38.0. The van der Waals surface area contributed by atoms with Gasteiger partial charge in [0.1, 0.15) is 6.04 Å². The van der Waals surface area contributed by atoms with E-state index < -0.39 is 27.9 Å². The van der Waals surface area contributed by atoms with Gasteiger partial charge in [0.15, 0.2) is 0 Å². The van der Waals surface area contributed by atoms with Crippen LogP contribution in [0.2, 0.25) is 0 Å². The van der Waals surface area contributed by atoms with E-state index in [0.29, 0.717) is 5.56 Å². The molecule has 32 heavy (non-hydrogen) atoms. The third-order valence-electron chi connectivity index (χ3n) is 5.81. The topological polar surface area (TPSA) is 113 Å². The summed E-state index contributed by atoms with van der Waals surface area (Å²) in [6.07, 6.45) is 0.355. The molecule has 1 atom stereocenters. The van der Waals surface area contributed by atoms with Gasteiger partial charge in [0, 0.05) is 35.3 Å². The molecule has 0 bridgehead atoms. The molecule has 1 aromatic heterocycles. The van der Waals surface area contributed by atoms with Crippen molar-refractivity contribution in [2.75, 3.05) is 0 Å². The third kappa shape index (κ3) is 3.60. The van der Waals surface area contributed by atoms with E-state index in [1.807, 2.05) is 29.6 Å². The van der Waals surface area contributed by atoms with Crippen LogP contribution >= 0.6 is 11.3 Å². The van der Waals surface area contributed by atoms with Crippen molar-refractivity contribution in [3.63, 3.8) is 0 Å². The van der Waals surface area contributed by atoms with E-state index in [1.54, 1.807) is 17.4 Å². The number of hydrogen-bond acceptors (Lipinski definition) is 6. The van der Waals surface area contributed by atoms with Gasteiger partial charge in [0.25, 0.3) is 5.91 Å². The maximum absolute atomic E-state index is 13.1. The molecule has 0 aliphatic carbocycles. The number of rotatable bonds is 5. The summed E-state index contributed by atoms with van der Waals surface area (Å²) >= 11 is 1.62. The Hall–Kier alpha value is -3.08. The smallest absolute Gasteiger partial charge is 0.255 e. The summed E-state index contributed by atoms with van der Waals surface area (Å²) in [5, 5.41) is 5.28. The van der Waals surface area contributed by atoms with Gasteiger partial charge in [-0.15, -0.1) is 11.3 Å². The highest BCUT2D eigenvalue weighted by Gasteiger charge is 2.41. The van der Waals surface area contributed by atoms with E-state index in [9.17, 15) is 22.8 Å². The summed E-state index contributed by atoms with van der Waals surface area (Å²) < 4.78 is 30.0. The average molecular weight is 470 g/mol. The molecule has 3 amide bonds. The monoisotopic (exact) mass is 469 g/mol. The molecular formula is C22H19N3O5S2. The zero-order chi connectivity index (χ0) is 22.5. The van der Waals surface area contributed by atoms with Gasteiger partial charge in [-0.05, 0) is 53.1 Å². The lowest BCUT2D eigenvalue weighted by Crippen LogP contribution is -2.52. The first kappa shape index (κ1) is 20.8. The number of carbonyl (C=O) groups excluding carboxylic acids is 3. The highest BCUT2D eigenvalue weighted by Crippen LogP contribution is 2.32. The van der Waals surface area contributed by atoms with E-state index in [-0.39, 0.29) is 42.3 Å². The van der Waals surface area contributed by atoms with Crippen LogP contribution in [0.4, 0.5) is 0 Å². The quantitative estimate of drug-likeness (QED) is 0.556. The molecule has 1 fully saturated rings. The second-order valence-corrected chi connectivity index (χ2v) is 10.5. The number of thiophene rings is 1. The van der Waals surface area contributed by atoms with Crippen molar-refractivity contribution in [2.45, 2.75) is 36.9 Å². The molecule has 2 aliphatic rings. The Morgan fingerprint density at radius 2 is 1.97 bits per heavy atom. The number of sulfonamides is 1. The van der Waals surface area contributed by atoms with E-state index in [2.05, 4.69) is 10.0 Å². The summed E-state index contributed by atoms with van der Waals surface area (Å²) in [5.74, 6) is -1.31. The van der Waals surface area contributed by atoms with Crippen molar-refractivity contribution in [1.29, 1.82) is 0 Å². The van der Waals surface area contributed by atoms with Crippen molar-refractivity contribution in [1.82, 2.24) is 14.9 Å². The van der Waals surface area contributed by atoms with Crippen LogP contribution in [0.3, 0.4) is 0 Å². The van der Waals surface area contributed by atoms with E-state index in [1.165, 1.54) is 17.0 Å². The molecule has 2 N–H and O–H groups in total. The van der Waals surface area contributed by atoms with Gasteiger partial charge in [-0.3, -0.25) is 19.7 Å². The largest absolute Gasteiger partial charge is 0.322 e. The molecule has 0 spiro atoms. The van der Waals surface area contributed by atoms with Crippen LogP contribution in [-0.2, 0) is 32.7 Å². The molecule has 5 rings (SSSR count). The number of nitrogens with one attached hydrogen (secondary N) is 2. The summed E-state index contributed by atoms with van der Waals surface area (Å²) in [5.41, 5.74) is 1.45. The Morgan fingerprint density at radius 1 is 1.12 bits per heavy atom. The van der Waals surface area contributed by atoms with E-state index in [0.717, 1.165) is 15.6 Å². The van der Waals surface area contributed by atoms with Crippen molar-refractivity contribution in [2.24, 2.45) is 0 Å². The maximum Gasteiger partial charge on any atom is 0.255 e. The second-order valence-electron chi connectivity index (χ2n) is 7.80. The molecule has 8 nitrogen and oxygen atoms in total. The van der Waals surface area contributed by atoms with Gasteiger partial charge >= 0.3 is 0 Å². The molecule has 2 aliphatic heterocycles. The SMILES string of the molecule is O=C1CCC(N2Cc3c(cccc3S(=O)(=O)NCc3ccc4sccc4c3)C2=O)C(=O)N1. The van der Waals surface area contributed by atoms with Crippen LogP contribution in [0.25, 0.3) is 10.1 Å². The Bertz CT molecular complexity index is 1380. The number of benzene rings is 2. The number of amides is 3. The number of carbonyl (C=O) groups is 3. The fraction of sp³-hybridized carbons (Fsp3) is 0.227. The molecule has 3 heterocycles. The maximum atomic E-state index is 13.1. The standard InChI is InChI=1S/C22H19N3O5S2/c26-20-7-5-17(21(27)24-20)25-12-16-15(22(25)28)2-1-3-19(16)32(29,30)23-11-13-4-6-18-14(10-13)8-9-31-18/h1-4,6,8-10,17,23H,5,7,11-12H2,(H,24,26,27). The van der Waals surface area contributed by atoms with Gasteiger partial charge in [-0.1, -0.05) is 12.1 Å². The minimum absolute atomic E-state index is 0.00160. The number of imide groups is 1. The minimum Gasteiger partial charge on any atom is -0.322 e. The average Bonchev–Trinajstić information content (AvgIpc) is 3.36. The first-order valence-electron chi connectivity index (χ1n) is 10.1. The summed E-state index contributed by atoms with van der Waals surface area (Å²) in [6, 6.07) is 11.5. The summed E-state index contributed by atoms with van der Waals surface area (Å²) in [6.45, 7) is 0.112. The zero-order valence-electron chi connectivity index (χ0n) is 16.8. The van der Waals surface area contributed by atoms with Gasteiger partial charge in [-0.2, -0.15) is 0 Å². The zero-order valence-corrected chi connectivity index (χ0v) is 18.5. The molecule has 3 aromatic rings. The van der Waals surface area contributed by atoms with Crippen LogP contribution in [0.15, 0.2) is 52.7 Å². The molecular weight excluding hydrogens is 450 g/mol. The molecule has 1 unspecified atom stereocenters. The highest BCUT2D eigenvalue weighted by molar-refractivity contribution is 7.89. The molecule has 10 heteroatoms.